The Morgan fingerprint density at radius 2 is 2.00 bits per heavy atom. The molecule has 112 valence electrons. The molecule has 8 heteroatoms. The number of nitrogens with one attached hydrogen (secondary N) is 1. The van der Waals surface area contributed by atoms with Crippen molar-refractivity contribution < 1.29 is 18.0 Å². The zero-order chi connectivity index (χ0) is 15.7. The monoisotopic (exact) mass is 298 g/mol. The van der Waals surface area contributed by atoms with Gasteiger partial charge in [0.2, 0.25) is 5.91 Å². The number of nitrogen functional groups attached to an aromatic ring is 1. The second-order valence-electron chi connectivity index (χ2n) is 4.54. The molecule has 1 amide bonds. The molecule has 0 saturated heterocycles. The Morgan fingerprint density at radius 1 is 1.33 bits per heavy atom. The number of carbonyl (C=O) groups is 1. The maximum Gasteiger partial charge on any atom is 0.246 e. The highest BCUT2D eigenvalue weighted by Gasteiger charge is 2.15. The third-order valence-electron chi connectivity index (χ3n) is 3.00. The summed E-state index contributed by atoms with van der Waals surface area (Å²) in [6.45, 7) is 3.10. The predicted octanol–water partition coefficient (Wildman–Crippen LogP) is 2.14. The molecule has 0 atom stereocenters. The number of benzene rings is 1. The lowest BCUT2D eigenvalue weighted by Gasteiger charge is -2.08. The molecule has 1 heterocycles. The van der Waals surface area contributed by atoms with Crippen molar-refractivity contribution in [1.82, 2.24) is 9.78 Å². The van der Waals surface area contributed by atoms with Gasteiger partial charge in [0.05, 0.1) is 22.8 Å². The highest BCUT2D eigenvalue weighted by Crippen LogP contribution is 2.19. The molecule has 2 aromatic rings. The number of nitrogens with two attached hydrogens (primary N) is 1. The molecule has 2 rings (SSSR count). The minimum atomic E-state index is -1.37. The van der Waals surface area contributed by atoms with Crippen LogP contribution < -0.4 is 11.1 Å². The molecular formula is C13H13F3N4O. The van der Waals surface area contributed by atoms with Crippen molar-refractivity contribution in [3.63, 3.8) is 0 Å². The van der Waals surface area contributed by atoms with Crippen LogP contribution in [0.4, 0.5) is 24.5 Å². The molecule has 0 aliphatic heterocycles. The van der Waals surface area contributed by atoms with Gasteiger partial charge >= 0.3 is 0 Å². The van der Waals surface area contributed by atoms with Gasteiger partial charge in [-0.05, 0) is 13.8 Å². The quantitative estimate of drug-likeness (QED) is 0.853. The van der Waals surface area contributed by atoms with Gasteiger partial charge < -0.3 is 11.1 Å². The van der Waals surface area contributed by atoms with E-state index in [1.54, 1.807) is 13.8 Å². The first-order valence-corrected chi connectivity index (χ1v) is 6.03. The number of hydrogen-bond donors (Lipinski definition) is 2. The number of carbonyl (C=O) groups excluding carboxylic acids is 1. The Kier molecular flexibility index (Phi) is 3.88. The Labute approximate surface area is 118 Å². The van der Waals surface area contributed by atoms with Crippen molar-refractivity contribution in [2.24, 2.45) is 0 Å². The number of aromatic nitrogens is 2. The van der Waals surface area contributed by atoms with Gasteiger partial charge in [-0.3, -0.25) is 9.48 Å². The van der Waals surface area contributed by atoms with E-state index in [1.165, 1.54) is 4.68 Å². The molecule has 0 bridgehead atoms. The van der Waals surface area contributed by atoms with Crippen LogP contribution in [-0.4, -0.2) is 15.7 Å². The lowest BCUT2D eigenvalue weighted by Crippen LogP contribution is -2.21. The highest BCUT2D eigenvalue weighted by molar-refractivity contribution is 5.90. The summed E-state index contributed by atoms with van der Waals surface area (Å²) in [4.78, 5) is 11.8. The molecule has 5 nitrogen and oxygen atoms in total. The van der Waals surface area contributed by atoms with Crippen molar-refractivity contribution >= 4 is 17.3 Å². The second kappa shape index (κ2) is 5.47. The fourth-order valence-electron chi connectivity index (χ4n) is 1.84. The van der Waals surface area contributed by atoms with E-state index in [4.69, 9.17) is 5.73 Å². The van der Waals surface area contributed by atoms with E-state index in [2.05, 4.69) is 10.4 Å². The van der Waals surface area contributed by atoms with Crippen molar-refractivity contribution in [1.29, 1.82) is 0 Å². The number of anilines is 2. The summed E-state index contributed by atoms with van der Waals surface area (Å²) in [5.41, 5.74) is 6.74. The van der Waals surface area contributed by atoms with Crippen LogP contribution >= 0.6 is 0 Å². The largest absolute Gasteiger partial charge is 0.396 e. The van der Waals surface area contributed by atoms with Gasteiger partial charge in [0.25, 0.3) is 0 Å². The maximum atomic E-state index is 13.4. The SMILES string of the molecule is Cc1nn(CC(=O)Nc2cc(F)cc(F)c2F)c(C)c1N. The molecule has 0 radical (unpaired) electrons. The van der Waals surface area contributed by atoms with Gasteiger partial charge in [-0.25, -0.2) is 13.2 Å². The van der Waals surface area contributed by atoms with Crippen LogP contribution in [0.25, 0.3) is 0 Å². The average molecular weight is 298 g/mol. The Morgan fingerprint density at radius 3 is 2.57 bits per heavy atom. The zero-order valence-electron chi connectivity index (χ0n) is 11.4. The van der Waals surface area contributed by atoms with Crippen LogP contribution in [0.5, 0.6) is 0 Å². The molecule has 1 aromatic heterocycles. The summed E-state index contributed by atoms with van der Waals surface area (Å²) in [7, 11) is 0. The number of nitrogens with zero attached hydrogens (tertiary/aromatic N) is 2. The van der Waals surface area contributed by atoms with E-state index in [1.807, 2.05) is 0 Å². The summed E-state index contributed by atoms with van der Waals surface area (Å²) < 4.78 is 40.8. The van der Waals surface area contributed by atoms with Gasteiger partial charge in [-0.15, -0.1) is 0 Å². The lowest BCUT2D eigenvalue weighted by molar-refractivity contribution is -0.117. The minimum absolute atomic E-state index is 0.249. The van der Waals surface area contributed by atoms with Crippen LogP contribution in [0, 0.1) is 31.3 Å². The molecule has 3 N–H and O–H groups in total. The summed E-state index contributed by atoms with van der Waals surface area (Å²) in [6.07, 6.45) is 0. The number of aryl methyl sites for hydroxylation is 1. The van der Waals surface area contributed by atoms with E-state index in [-0.39, 0.29) is 6.54 Å². The molecule has 21 heavy (non-hydrogen) atoms. The Hall–Kier alpha value is -2.51. The van der Waals surface area contributed by atoms with Crippen LogP contribution in [0.15, 0.2) is 12.1 Å². The zero-order valence-corrected chi connectivity index (χ0v) is 11.4. The van der Waals surface area contributed by atoms with Crippen LogP contribution in [0.2, 0.25) is 0 Å². The molecular weight excluding hydrogens is 285 g/mol. The maximum absolute atomic E-state index is 13.4. The second-order valence-corrected chi connectivity index (χ2v) is 4.54. The van der Waals surface area contributed by atoms with Gasteiger partial charge in [0, 0.05) is 12.1 Å². The van der Waals surface area contributed by atoms with Crippen LogP contribution in [0.1, 0.15) is 11.4 Å². The molecule has 0 unspecified atom stereocenters. The first-order valence-electron chi connectivity index (χ1n) is 6.03. The normalized spacial score (nSPS) is 10.7. The fraction of sp³-hybridized carbons (Fsp3) is 0.231. The van der Waals surface area contributed by atoms with Crippen LogP contribution in [0.3, 0.4) is 0 Å². The summed E-state index contributed by atoms with van der Waals surface area (Å²) in [5.74, 6) is -4.36. The Balaban J connectivity index is 2.17. The van der Waals surface area contributed by atoms with Crippen molar-refractivity contribution in [3.05, 3.63) is 41.0 Å². The smallest absolute Gasteiger partial charge is 0.246 e. The highest BCUT2D eigenvalue weighted by atomic mass is 19.2. The predicted molar refractivity (Wildman–Crippen MR) is 71.1 cm³/mol. The average Bonchev–Trinajstić information content (AvgIpc) is 2.63. The number of hydrogen-bond acceptors (Lipinski definition) is 3. The van der Waals surface area contributed by atoms with Gasteiger partial charge in [0.1, 0.15) is 12.4 Å². The van der Waals surface area contributed by atoms with Gasteiger partial charge in [-0.1, -0.05) is 0 Å². The van der Waals surface area contributed by atoms with E-state index >= 15 is 0 Å². The molecule has 0 saturated carbocycles. The molecule has 0 fully saturated rings. The lowest BCUT2D eigenvalue weighted by atomic mass is 10.2. The van der Waals surface area contributed by atoms with Crippen molar-refractivity contribution in [2.45, 2.75) is 20.4 Å². The molecule has 0 aliphatic carbocycles. The fourth-order valence-corrected chi connectivity index (χ4v) is 1.84. The van der Waals surface area contributed by atoms with Gasteiger partial charge in [0.15, 0.2) is 11.6 Å². The summed E-state index contributed by atoms with van der Waals surface area (Å²) in [5, 5.41) is 6.14. The van der Waals surface area contributed by atoms with E-state index < -0.39 is 29.0 Å². The minimum Gasteiger partial charge on any atom is -0.396 e. The first kappa shape index (κ1) is 14.9. The van der Waals surface area contributed by atoms with Crippen molar-refractivity contribution in [2.75, 3.05) is 11.1 Å². The van der Waals surface area contributed by atoms with Crippen molar-refractivity contribution in [3.8, 4) is 0 Å². The van der Waals surface area contributed by atoms with E-state index in [0.29, 0.717) is 29.2 Å². The van der Waals surface area contributed by atoms with Crippen LogP contribution in [-0.2, 0) is 11.3 Å². The summed E-state index contributed by atoms with van der Waals surface area (Å²) in [6, 6.07) is 1.10. The topological polar surface area (TPSA) is 72.9 Å². The third-order valence-corrected chi connectivity index (χ3v) is 3.00. The first-order chi connectivity index (χ1) is 9.79. The van der Waals surface area contributed by atoms with Gasteiger partial charge in [-0.2, -0.15) is 5.10 Å². The number of amides is 1. The standard InChI is InChI=1S/C13H13F3N4O/c1-6-13(17)7(2)20(19-6)5-11(21)18-10-4-8(14)3-9(15)12(10)16/h3-4H,5,17H2,1-2H3,(H,18,21). The van der Waals surface area contributed by atoms with E-state index in [9.17, 15) is 18.0 Å². The van der Waals surface area contributed by atoms with E-state index in [0.717, 1.165) is 0 Å². The molecule has 0 aliphatic rings. The Bertz CT molecular complexity index is 712. The molecule has 0 spiro atoms. The number of halogens is 3. The molecule has 1 aromatic carbocycles. The third kappa shape index (κ3) is 2.99. The summed E-state index contributed by atoms with van der Waals surface area (Å²) >= 11 is 0. The number of rotatable bonds is 3.